The Labute approximate surface area is 159 Å². The van der Waals surface area contributed by atoms with Crippen molar-refractivity contribution in [3.05, 3.63) is 42.2 Å². The van der Waals surface area contributed by atoms with Crippen molar-refractivity contribution in [3.63, 3.8) is 0 Å². The molecule has 0 radical (unpaired) electrons. The van der Waals surface area contributed by atoms with Crippen LogP contribution in [0.4, 0.5) is 0 Å². The van der Waals surface area contributed by atoms with Gasteiger partial charge in [0.05, 0.1) is 19.0 Å². The molecular formula is C20H27N3O4. The molecule has 146 valence electrons. The maximum atomic E-state index is 12.7. The summed E-state index contributed by atoms with van der Waals surface area (Å²) < 4.78 is 12.2. The van der Waals surface area contributed by atoms with Gasteiger partial charge in [-0.1, -0.05) is 18.2 Å². The van der Waals surface area contributed by atoms with E-state index in [0.717, 1.165) is 5.69 Å². The standard InChI is InChI=1S/C20H27N3O4/c1-13(2)23(14(3)4)19(24)15(5)27-20(25)18-17(26-6)12-22(21-18)16-10-8-7-9-11-16/h7-15H,1-6H3/t15-/m0/s1. The molecule has 0 aliphatic heterocycles. The summed E-state index contributed by atoms with van der Waals surface area (Å²) in [7, 11) is 1.46. The maximum Gasteiger partial charge on any atom is 0.363 e. The normalized spacial score (nSPS) is 12.1. The first-order valence-corrected chi connectivity index (χ1v) is 8.98. The maximum absolute atomic E-state index is 12.7. The molecule has 7 heteroatoms. The summed E-state index contributed by atoms with van der Waals surface area (Å²) in [4.78, 5) is 27.0. The van der Waals surface area contributed by atoms with Crippen molar-refractivity contribution in [2.24, 2.45) is 0 Å². The van der Waals surface area contributed by atoms with E-state index in [1.165, 1.54) is 11.8 Å². The Kier molecular flexibility index (Phi) is 6.60. The number of para-hydroxylation sites is 1. The molecule has 1 atom stereocenters. The molecule has 1 heterocycles. The number of aromatic nitrogens is 2. The number of rotatable bonds is 7. The predicted molar refractivity (Wildman–Crippen MR) is 102 cm³/mol. The fourth-order valence-electron chi connectivity index (χ4n) is 2.94. The van der Waals surface area contributed by atoms with Gasteiger partial charge in [-0.25, -0.2) is 9.48 Å². The SMILES string of the molecule is COc1cn(-c2ccccc2)nc1C(=O)O[C@@H](C)C(=O)N(C(C)C)C(C)C. The third kappa shape index (κ3) is 4.67. The average Bonchev–Trinajstić information content (AvgIpc) is 3.06. The summed E-state index contributed by atoms with van der Waals surface area (Å²) in [5, 5.41) is 4.27. The van der Waals surface area contributed by atoms with Crippen LogP contribution in [0.25, 0.3) is 5.69 Å². The van der Waals surface area contributed by atoms with E-state index in [9.17, 15) is 9.59 Å². The quantitative estimate of drug-likeness (QED) is 0.698. The largest absolute Gasteiger partial charge is 0.493 e. The summed E-state index contributed by atoms with van der Waals surface area (Å²) in [5.41, 5.74) is 0.811. The molecule has 0 aliphatic rings. The van der Waals surface area contributed by atoms with E-state index in [-0.39, 0.29) is 29.4 Å². The van der Waals surface area contributed by atoms with E-state index in [1.807, 2.05) is 58.0 Å². The Morgan fingerprint density at radius 2 is 1.63 bits per heavy atom. The summed E-state index contributed by atoms with van der Waals surface area (Å²) in [6.07, 6.45) is 0.682. The zero-order chi connectivity index (χ0) is 20.1. The van der Waals surface area contributed by atoms with Gasteiger partial charge < -0.3 is 14.4 Å². The van der Waals surface area contributed by atoms with Gasteiger partial charge in [0.2, 0.25) is 5.69 Å². The molecule has 27 heavy (non-hydrogen) atoms. The van der Waals surface area contributed by atoms with Crippen LogP contribution in [0.3, 0.4) is 0 Å². The molecule has 0 unspecified atom stereocenters. The lowest BCUT2D eigenvalue weighted by atomic mass is 10.2. The lowest BCUT2D eigenvalue weighted by Crippen LogP contribution is -2.47. The van der Waals surface area contributed by atoms with Gasteiger partial charge in [0.15, 0.2) is 11.9 Å². The highest BCUT2D eigenvalue weighted by Crippen LogP contribution is 2.21. The van der Waals surface area contributed by atoms with Crippen molar-refractivity contribution in [3.8, 4) is 11.4 Å². The van der Waals surface area contributed by atoms with Crippen molar-refractivity contribution in [2.75, 3.05) is 7.11 Å². The van der Waals surface area contributed by atoms with Crippen LogP contribution < -0.4 is 4.74 Å². The number of methoxy groups -OCH3 is 1. The summed E-state index contributed by atoms with van der Waals surface area (Å²) in [5.74, 6) is -0.655. The van der Waals surface area contributed by atoms with Gasteiger partial charge in [-0.05, 0) is 46.8 Å². The molecule has 0 fully saturated rings. The number of benzene rings is 1. The van der Waals surface area contributed by atoms with Gasteiger partial charge in [0.1, 0.15) is 0 Å². The Morgan fingerprint density at radius 1 is 1.04 bits per heavy atom. The van der Waals surface area contributed by atoms with Crippen LogP contribution in [0.5, 0.6) is 5.75 Å². The van der Waals surface area contributed by atoms with Crippen LogP contribution in [0.15, 0.2) is 36.5 Å². The Hall–Kier alpha value is -2.83. The molecular weight excluding hydrogens is 346 g/mol. The minimum Gasteiger partial charge on any atom is -0.493 e. The van der Waals surface area contributed by atoms with E-state index in [1.54, 1.807) is 18.0 Å². The molecule has 1 amide bonds. The van der Waals surface area contributed by atoms with Crippen LogP contribution in [0, 0.1) is 0 Å². The van der Waals surface area contributed by atoms with Crippen LogP contribution >= 0.6 is 0 Å². The van der Waals surface area contributed by atoms with Gasteiger partial charge >= 0.3 is 5.97 Å². The van der Waals surface area contributed by atoms with Gasteiger partial charge in [-0.3, -0.25) is 4.79 Å². The minimum atomic E-state index is -0.922. The first-order chi connectivity index (χ1) is 12.8. The number of hydrogen-bond donors (Lipinski definition) is 0. The number of ether oxygens (including phenoxy) is 2. The molecule has 2 aromatic rings. The van der Waals surface area contributed by atoms with Gasteiger partial charge in [-0.15, -0.1) is 0 Å². The average molecular weight is 373 g/mol. The van der Waals surface area contributed by atoms with E-state index in [2.05, 4.69) is 5.10 Å². The molecule has 2 rings (SSSR count). The smallest absolute Gasteiger partial charge is 0.363 e. The second-order valence-electron chi connectivity index (χ2n) is 6.81. The molecule has 7 nitrogen and oxygen atoms in total. The Balaban J connectivity index is 2.20. The minimum absolute atomic E-state index is 0.00507. The topological polar surface area (TPSA) is 73.7 Å². The Morgan fingerprint density at radius 3 is 2.15 bits per heavy atom. The van der Waals surface area contributed by atoms with Crippen LogP contribution in [0.2, 0.25) is 0 Å². The van der Waals surface area contributed by atoms with Crippen molar-refractivity contribution in [1.82, 2.24) is 14.7 Å². The van der Waals surface area contributed by atoms with Crippen molar-refractivity contribution < 1.29 is 19.1 Å². The van der Waals surface area contributed by atoms with Crippen molar-refractivity contribution >= 4 is 11.9 Å². The van der Waals surface area contributed by atoms with Crippen molar-refractivity contribution in [1.29, 1.82) is 0 Å². The van der Waals surface area contributed by atoms with E-state index < -0.39 is 12.1 Å². The molecule has 0 N–H and O–H groups in total. The third-order valence-corrected chi connectivity index (χ3v) is 4.11. The highest BCUT2D eigenvalue weighted by molar-refractivity contribution is 5.93. The summed E-state index contributed by atoms with van der Waals surface area (Å²) >= 11 is 0. The van der Waals surface area contributed by atoms with Gasteiger partial charge in [0.25, 0.3) is 5.91 Å². The van der Waals surface area contributed by atoms with E-state index in [0.29, 0.717) is 0 Å². The number of esters is 1. The molecule has 1 aromatic heterocycles. The fourth-order valence-corrected chi connectivity index (χ4v) is 2.94. The number of carbonyl (C=O) groups is 2. The van der Waals surface area contributed by atoms with Crippen LogP contribution in [0.1, 0.15) is 45.1 Å². The molecule has 0 saturated heterocycles. The highest BCUT2D eigenvalue weighted by atomic mass is 16.6. The van der Waals surface area contributed by atoms with Crippen LogP contribution in [-0.2, 0) is 9.53 Å². The lowest BCUT2D eigenvalue weighted by molar-refractivity contribution is -0.143. The molecule has 1 aromatic carbocycles. The number of nitrogens with zero attached hydrogens (tertiary/aromatic N) is 3. The number of amides is 1. The lowest BCUT2D eigenvalue weighted by Gasteiger charge is -2.32. The fraction of sp³-hybridized carbons (Fsp3) is 0.450. The molecule has 0 bridgehead atoms. The predicted octanol–water partition coefficient (Wildman–Crippen LogP) is 3.07. The Bertz CT molecular complexity index is 776. The zero-order valence-electron chi connectivity index (χ0n) is 16.7. The zero-order valence-corrected chi connectivity index (χ0v) is 16.7. The first-order valence-electron chi connectivity index (χ1n) is 8.98. The van der Waals surface area contributed by atoms with Crippen LogP contribution in [-0.4, -0.2) is 51.9 Å². The highest BCUT2D eigenvalue weighted by Gasteiger charge is 2.30. The summed E-state index contributed by atoms with van der Waals surface area (Å²) in [6, 6.07) is 9.36. The van der Waals surface area contributed by atoms with Gasteiger partial charge in [0, 0.05) is 12.1 Å². The van der Waals surface area contributed by atoms with E-state index >= 15 is 0 Å². The first kappa shape index (κ1) is 20.5. The number of carbonyl (C=O) groups excluding carboxylic acids is 2. The van der Waals surface area contributed by atoms with Crippen molar-refractivity contribution in [2.45, 2.75) is 52.8 Å². The third-order valence-electron chi connectivity index (χ3n) is 4.11. The summed E-state index contributed by atoms with van der Waals surface area (Å²) in [6.45, 7) is 9.28. The molecule has 0 aliphatic carbocycles. The molecule has 0 saturated carbocycles. The second kappa shape index (κ2) is 8.70. The second-order valence-corrected chi connectivity index (χ2v) is 6.81. The van der Waals surface area contributed by atoms with E-state index in [4.69, 9.17) is 9.47 Å². The monoisotopic (exact) mass is 373 g/mol. The number of hydrogen-bond acceptors (Lipinski definition) is 5. The van der Waals surface area contributed by atoms with Gasteiger partial charge in [-0.2, -0.15) is 5.10 Å². The molecule has 0 spiro atoms.